The molecular weight excluding hydrogens is 112 g/mol. The molecule has 0 saturated heterocycles. The lowest BCUT2D eigenvalue weighted by atomic mass is 10.2. The van der Waals surface area contributed by atoms with Crippen molar-refractivity contribution in [2.24, 2.45) is 0 Å². The predicted molar refractivity (Wildman–Crippen MR) is 35.6 cm³/mol. The minimum Gasteiger partial charge on any atom is -0.317 e. The topological polar surface area (TPSA) is 28.1 Å². The summed E-state index contributed by atoms with van der Waals surface area (Å²) in [6.45, 7) is 7.06. The zero-order valence-corrected chi connectivity index (χ0v) is 5.43. The first-order chi connectivity index (χ1) is 4.41. The number of unbranched alkanes of at least 4 members (excludes halogenated alkanes) is 3. The summed E-state index contributed by atoms with van der Waals surface area (Å²) in [5.41, 5.74) is 0. The standard InChI is InChI=1S/C7H10N2/c1-9-7-5-3-2-4-6-8/h2-5,7H2. The Morgan fingerprint density at radius 3 is 2.67 bits per heavy atom. The first-order valence-electron chi connectivity index (χ1n) is 3.12. The molecule has 0 N–H and O–H groups in total. The molecule has 0 atom stereocenters. The van der Waals surface area contributed by atoms with Crippen LogP contribution in [0.15, 0.2) is 0 Å². The van der Waals surface area contributed by atoms with Gasteiger partial charge in [0.25, 0.3) is 0 Å². The van der Waals surface area contributed by atoms with E-state index in [1.54, 1.807) is 0 Å². The summed E-state index contributed by atoms with van der Waals surface area (Å²) in [7, 11) is 0. The summed E-state index contributed by atoms with van der Waals surface area (Å²) in [6.07, 6.45) is 3.56. The summed E-state index contributed by atoms with van der Waals surface area (Å²) in [4.78, 5) is 3.20. The van der Waals surface area contributed by atoms with Gasteiger partial charge in [0.2, 0.25) is 6.54 Å². The van der Waals surface area contributed by atoms with E-state index < -0.39 is 0 Å². The van der Waals surface area contributed by atoms with Gasteiger partial charge >= 0.3 is 0 Å². The maximum absolute atomic E-state index is 8.11. The van der Waals surface area contributed by atoms with Crippen LogP contribution < -0.4 is 0 Å². The molecule has 9 heavy (non-hydrogen) atoms. The van der Waals surface area contributed by atoms with Crippen LogP contribution in [0.2, 0.25) is 0 Å². The molecule has 0 aliphatic heterocycles. The number of nitriles is 1. The molecule has 0 rings (SSSR count). The molecule has 0 radical (unpaired) electrons. The summed E-state index contributed by atoms with van der Waals surface area (Å²) >= 11 is 0. The molecule has 0 bridgehead atoms. The SMILES string of the molecule is [C-]#[N+]CCCCCC#N. The first kappa shape index (κ1) is 7.98. The first-order valence-corrected chi connectivity index (χ1v) is 3.12. The van der Waals surface area contributed by atoms with Crippen molar-refractivity contribution in [1.29, 1.82) is 5.26 Å². The van der Waals surface area contributed by atoms with Crippen LogP contribution in [-0.2, 0) is 0 Å². The maximum Gasteiger partial charge on any atom is 0.214 e. The van der Waals surface area contributed by atoms with E-state index in [0.717, 1.165) is 19.3 Å². The highest BCUT2D eigenvalue weighted by Gasteiger charge is 1.88. The zero-order chi connectivity index (χ0) is 6.95. The van der Waals surface area contributed by atoms with Gasteiger partial charge in [-0.25, -0.2) is 6.57 Å². The highest BCUT2D eigenvalue weighted by Crippen LogP contribution is 1.97. The molecule has 0 heterocycles. The van der Waals surface area contributed by atoms with Crippen LogP contribution in [0.25, 0.3) is 4.85 Å². The lowest BCUT2D eigenvalue weighted by Gasteiger charge is -1.86. The number of hydrogen-bond acceptors (Lipinski definition) is 1. The Labute approximate surface area is 55.9 Å². The van der Waals surface area contributed by atoms with Crippen molar-refractivity contribution in [3.63, 3.8) is 0 Å². The number of nitrogens with zero attached hydrogens (tertiary/aromatic N) is 2. The third-order valence-electron chi connectivity index (χ3n) is 1.06. The zero-order valence-electron chi connectivity index (χ0n) is 5.43. The van der Waals surface area contributed by atoms with Crippen molar-refractivity contribution >= 4 is 0 Å². The molecule has 0 aromatic heterocycles. The molecular formula is C7H10N2. The lowest BCUT2D eigenvalue weighted by Crippen LogP contribution is -1.77. The van der Waals surface area contributed by atoms with Crippen LogP contribution in [0, 0.1) is 17.9 Å². The maximum atomic E-state index is 8.11. The molecule has 0 aliphatic rings. The van der Waals surface area contributed by atoms with Gasteiger partial charge in [-0.05, 0) is 12.8 Å². The van der Waals surface area contributed by atoms with Gasteiger partial charge in [-0.15, -0.1) is 0 Å². The van der Waals surface area contributed by atoms with Crippen molar-refractivity contribution in [3.8, 4) is 6.07 Å². The Bertz CT molecular complexity index is 111. The average molecular weight is 122 g/mol. The molecule has 0 amide bonds. The van der Waals surface area contributed by atoms with Crippen LogP contribution >= 0.6 is 0 Å². The fourth-order valence-electron chi connectivity index (χ4n) is 0.572. The minimum atomic E-state index is 0.616. The molecule has 48 valence electrons. The Kier molecular flexibility index (Phi) is 6.19. The Hall–Kier alpha value is -1.02. The highest BCUT2D eigenvalue weighted by molar-refractivity contribution is 4.68. The van der Waals surface area contributed by atoms with E-state index in [1.807, 2.05) is 0 Å². The third kappa shape index (κ3) is 6.98. The summed E-state index contributed by atoms with van der Waals surface area (Å²) in [5, 5.41) is 8.11. The van der Waals surface area contributed by atoms with E-state index in [0.29, 0.717) is 13.0 Å². The van der Waals surface area contributed by atoms with E-state index in [9.17, 15) is 0 Å². The minimum absolute atomic E-state index is 0.616. The van der Waals surface area contributed by atoms with E-state index in [2.05, 4.69) is 10.9 Å². The summed E-state index contributed by atoms with van der Waals surface area (Å²) in [5.74, 6) is 0. The van der Waals surface area contributed by atoms with Gasteiger partial charge in [0.05, 0.1) is 6.07 Å². The second-order valence-corrected chi connectivity index (χ2v) is 1.85. The van der Waals surface area contributed by atoms with Crippen LogP contribution in [0.5, 0.6) is 0 Å². The normalized spacial score (nSPS) is 7.78. The Morgan fingerprint density at radius 1 is 1.33 bits per heavy atom. The Morgan fingerprint density at radius 2 is 2.11 bits per heavy atom. The van der Waals surface area contributed by atoms with Gasteiger partial charge in [0.15, 0.2) is 0 Å². The molecule has 2 nitrogen and oxygen atoms in total. The fraction of sp³-hybridized carbons (Fsp3) is 0.714. The smallest absolute Gasteiger partial charge is 0.214 e. The van der Waals surface area contributed by atoms with Crippen LogP contribution in [0.4, 0.5) is 0 Å². The summed E-state index contributed by atoms with van der Waals surface area (Å²) < 4.78 is 0. The highest BCUT2D eigenvalue weighted by atomic mass is 14.6. The van der Waals surface area contributed by atoms with Crippen LogP contribution in [-0.4, -0.2) is 6.54 Å². The molecule has 0 aromatic carbocycles. The molecule has 0 aromatic rings. The molecule has 0 unspecified atom stereocenters. The molecule has 0 fully saturated rings. The third-order valence-corrected chi connectivity index (χ3v) is 1.06. The second-order valence-electron chi connectivity index (χ2n) is 1.85. The summed E-state index contributed by atoms with van der Waals surface area (Å²) in [6, 6.07) is 2.07. The van der Waals surface area contributed by atoms with E-state index in [-0.39, 0.29) is 0 Å². The molecule has 0 saturated carbocycles. The average Bonchev–Trinajstić information content (AvgIpc) is 1.89. The fourth-order valence-corrected chi connectivity index (χ4v) is 0.572. The molecule has 0 aliphatic carbocycles. The van der Waals surface area contributed by atoms with Crippen molar-refractivity contribution < 1.29 is 0 Å². The van der Waals surface area contributed by atoms with Crippen LogP contribution in [0.1, 0.15) is 25.7 Å². The van der Waals surface area contributed by atoms with Crippen molar-refractivity contribution in [2.45, 2.75) is 25.7 Å². The van der Waals surface area contributed by atoms with Gasteiger partial charge in [-0.2, -0.15) is 5.26 Å². The quantitative estimate of drug-likeness (QED) is 0.414. The van der Waals surface area contributed by atoms with Gasteiger partial charge in [-0.3, -0.25) is 0 Å². The number of hydrogen-bond donors (Lipinski definition) is 0. The van der Waals surface area contributed by atoms with E-state index >= 15 is 0 Å². The van der Waals surface area contributed by atoms with Gasteiger partial charge in [0.1, 0.15) is 0 Å². The van der Waals surface area contributed by atoms with E-state index in [1.165, 1.54) is 0 Å². The van der Waals surface area contributed by atoms with Gasteiger partial charge < -0.3 is 4.85 Å². The molecule has 0 spiro atoms. The van der Waals surface area contributed by atoms with Crippen molar-refractivity contribution in [2.75, 3.05) is 6.54 Å². The van der Waals surface area contributed by atoms with Gasteiger partial charge in [-0.1, -0.05) is 0 Å². The van der Waals surface area contributed by atoms with E-state index in [4.69, 9.17) is 11.8 Å². The Balaban J connectivity index is 2.79. The lowest BCUT2D eigenvalue weighted by molar-refractivity contribution is 0.723. The second kappa shape index (κ2) is 6.98. The predicted octanol–water partition coefficient (Wildman–Crippen LogP) is 1.99. The van der Waals surface area contributed by atoms with Crippen LogP contribution in [0.3, 0.4) is 0 Å². The van der Waals surface area contributed by atoms with Crippen molar-refractivity contribution in [3.05, 3.63) is 11.4 Å². The van der Waals surface area contributed by atoms with Crippen molar-refractivity contribution in [1.82, 2.24) is 0 Å². The monoisotopic (exact) mass is 122 g/mol. The van der Waals surface area contributed by atoms with Gasteiger partial charge in [0, 0.05) is 12.8 Å². The largest absolute Gasteiger partial charge is 0.317 e. The molecule has 2 heteroatoms. The number of rotatable bonds is 4.